The number of halogens is 1. The Labute approximate surface area is 163 Å². The predicted octanol–water partition coefficient (Wildman–Crippen LogP) is 3.74. The topological polar surface area (TPSA) is 47.4 Å². The zero-order valence-corrected chi connectivity index (χ0v) is 15.8. The molecule has 0 bridgehead atoms. The number of aromatic nitrogens is 2. The molecule has 27 heavy (non-hydrogen) atoms. The van der Waals surface area contributed by atoms with Gasteiger partial charge in [-0.2, -0.15) is 5.10 Å². The minimum atomic E-state index is -0.204. The number of hydrogen-bond acceptors (Lipinski definition) is 3. The van der Waals surface area contributed by atoms with E-state index in [0.717, 1.165) is 22.6 Å². The first kappa shape index (κ1) is 17.6. The van der Waals surface area contributed by atoms with Crippen LogP contribution in [0.15, 0.2) is 60.9 Å². The van der Waals surface area contributed by atoms with Crippen LogP contribution in [0.5, 0.6) is 5.75 Å². The molecule has 1 aliphatic rings. The van der Waals surface area contributed by atoms with Gasteiger partial charge in [0, 0.05) is 30.4 Å². The molecule has 0 spiro atoms. The fourth-order valence-electron chi connectivity index (χ4n) is 3.35. The molecule has 0 saturated heterocycles. The van der Waals surface area contributed by atoms with Gasteiger partial charge in [0.15, 0.2) is 0 Å². The highest BCUT2D eigenvalue weighted by Crippen LogP contribution is 2.30. The van der Waals surface area contributed by atoms with E-state index < -0.39 is 0 Å². The number of para-hydroxylation sites is 1. The van der Waals surface area contributed by atoms with E-state index in [4.69, 9.17) is 16.3 Å². The smallest absolute Gasteiger partial charge is 0.229 e. The van der Waals surface area contributed by atoms with Gasteiger partial charge in [-0.15, -0.1) is 0 Å². The summed E-state index contributed by atoms with van der Waals surface area (Å²) >= 11 is 6.07. The highest BCUT2D eigenvalue weighted by molar-refractivity contribution is 6.30. The zero-order valence-electron chi connectivity index (χ0n) is 15.0. The minimum absolute atomic E-state index is 0.0630. The van der Waals surface area contributed by atoms with Crippen molar-refractivity contribution in [2.45, 2.75) is 13.0 Å². The highest BCUT2D eigenvalue weighted by atomic mass is 35.5. The fraction of sp³-hybridized carbons (Fsp3) is 0.238. The summed E-state index contributed by atoms with van der Waals surface area (Å²) in [5.74, 6) is 0.675. The number of hydrogen-bond donors (Lipinski definition) is 0. The summed E-state index contributed by atoms with van der Waals surface area (Å²) in [6.07, 6.45) is 4.39. The quantitative estimate of drug-likeness (QED) is 0.691. The van der Waals surface area contributed by atoms with Gasteiger partial charge in [-0.1, -0.05) is 29.8 Å². The van der Waals surface area contributed by atoms with Gasteiger partial charge in [0.1, 0.15) is 12.4 Å². The van der Waals surface area contributed by atoms with Crippen molar-refractivity contribution in [1.29, 1.82) is 0 Å². The predicted molar refractivity (Wildman–Crippen MR) is 104 cm³/mol. The molecule has 1 aromatic heterocycles. The highest BCUT2D eigenvalue weighted by Gasteiger charge is 2.28. The van der Waals surface area contributed by atoms with E-state index in [-0.39, 0.29) is 11.8 Å². The van der Waals surface area contributed by atoms with Crippen LogP contribution < -0.4 is 4.74 Å². The Balaban J connectivity index is 1.42. The summed E-state index contributed by atoms with van der Waals surface area (Å²) in [5.41, 5.74) is 2.96. The lowest BCUT2D eigenvalue weighted by Crippen LogP contribution is -2.38. The monoisotopic (exact) mass is 381 g/mol. The molecule has 0 radical (unpaired) electrons. The standard InChI is InChI=1S/C21H20ClN3O2/c1-24(12-15-11-23-25(13-15)19-5-3-2-4-6-19)21(26)17-9-16-10-18(22)7-8-20(16)27-14-17/h2-8,10-11,13,17H,9,12,14H2,1H3/t17-/m1/s1. The number of amides is 1. The van der Waals surface area contributed by atoms with Crippen LogP contribution in [0.3, 0.4) is 0 Å². The normalized spacial score (nSPS) is 15.7. The van der Waals surface area contributed by atoms with Gasteiger partial charge in [0.25, 0.3) is 0 Å². The van der Waals surface area contributed by atoms with E-state index in [1.807, 2.05) is 60.4 Å². The van der Waals surface area contributed by atoms with E-state index in [0.29, 0.717) is 24.6 Å². The van der Waals surface area contributed by atoms with Crippen molar-refractivity contribution in [1.82, 2.24) is 14.7 Å². The van der Waals surface area contributed by atoms with Crippen LogP contribution in [0.25, 0.3) is 5.69 Å². The zero-order chi connectivity index (χ0) is 18.8. The molecule has 1 atom stereocenters. The van der Waals surface area contributed by atoms with Crippen molar-refractivity contribution >= 4 is 17.5 Å². The lowest BCUT2D eigenvalue weighted by atomic mass is 9.95. The first-order valence-electron chi connectivity index (χ1n) is 8.85. The molecule has 1 amide bonds. The van der Waals surface area contributed by atoms with Gasteiger partial charge in [0.05, 0.1) is 17.8 Å². The van der Waals surface area contributed by atoms with Gasteiger partial charge in [-0.25, -0.2) is 4.68 Å². The van der Waals surface area contributed by atoms with Gasteiger partial charge < -0.3 is 9.64 Å². The molecule has 138 valence electrons. The number of rotatable bonds is 4. The molecular formula is C21H20ClN3O2. The van der Waals surface area contributed by atoms with Crippen LogP contribution >= 0.6 is 11.6 Å². The molecule has 0 N–H and O–H groups in total. The van der Waals surface area contributed by atoms with Crippen molar-refractivity contribution in [3.8, 4) is 11.4 Å². The number of benzene rings is 2. The second-order valence-electron chi connectivity index (χ2n) is 6.79. The molecule has 0 unspecified atom stereocenters. The Hall–Kier alpha value is -2.79. The van der Waals surface area contributed by atoms with Crippen LogP contribution in [0, 0.1) is 5.92 Å². The molecule has 0 fully saturated rings. The first-order chi connectivity index (χ1) is 13.1. The van der Waals surface area contributed by atoms with E-state index in [1.54, 1.807) is 17.2 Å². The maximum atomic E-state index is 12.9. The summed E-state index contributed by atoms with van der Waals surface area (Å²) in [6, 6.07) is 15.4. The van der Waals surface area contributed by atoms with Crippen LogP contribution in [0.2, 0.25) is 5.02 Å². The molecule has 3 aromatic rings. The van der Waals surface area contributed by atoms with E-state index >= 15 is 0 Å². The molecule has 1 aliphatic heterocycles. The third-order valence-corrected chi connectivity index (χ3v) is 4.97. The SMILES string of the molecule is CN(Cc1cnn(-c2ccccc2)c1)C(=O)[C@H]1COc2ccc(Cl)cc2C1. The Bertz CT molecular complexity index is 955. The summed E-state index contributed by atoms with van der Waals surface area (Å²) in [7, 11) is 1.82. The second kappa shape index (κ2) is 7.45. The number of ether oxygens (including phenoxy) is 1. The van der Waals surface area contributed by atoms with Gasteiger partial charge in [0.2, 0.25) is 5.91 Å². The molecule has 4 rings (SSSR count). The van der Waals surface area contributed by atoms with E-state index in [2.05, 4.69) is 5.10 Å². The number of carbonyl (C=O) groups is 1. The number of fused-ring (bicyclic) bond motifs is 1. The lowest BCUT2D eigenvalue weighted by Gasteiger charge is -2.28. The van der Waals surface area contributed by atoms with Crippen LogP contribution in [0.4, 0.5) is 0 Å². The van der Waals surface area contributed by atoms with Crippen molar-refractivity contribution in [2.24, 2.45) is 5.92 Å². The molecule has 5 nitrogen and oxygen atoms in total. The summed E-state index contributed by atoms with van der Waals surface area (Å²) in [4.78, 5) is 14.6. The number of carbonyl (C=O) groups excluding carboxylic acids is 1. The molecule has 6 heteroatoms. The van der Waals surface area contributed by atoms with Gasteiger partial charge >= 0.3 is 0 Å². The average molecular weight is 382 g/mol. The largest absolute Gasteiger partial charge is 0.492 e. The summed E-state index contributed by atoms with van der Waals surface area (Å²) in [6.45, 7) is 0.894. The van der Waals surface area contributed by atoms with Crippen molar-refractivity contribution < 1.29 is 9.53 Å². The second-order valence-corrected chi connectivity index (χ2v) is 7.22. The molecule has 0 aliphatic carbocycles. The Morgan fingerprint density at radius 3 is 2.93 bits per heavy atom. The van der Waals surface area contributed by atoms with Crippen LogP contribution in [-0.2, 0) is 17.8 Å². The van der Waals surface area contributed by atoms with Crippen molar-refractivity contribution in [2.75, 3.05) is 13.7 Å². The Morgan fingerprint density at radius 1 is 1.30 bits per heavy atom. The van der Waals surface area contributed by atoms with E-state index in [1.165, 1.54) is 0 Å². The van der Waals surface area contributed by atoms with Crippen LogP contribution in [-0.4, -0.2) is 34.2 Å². The van der Waals surface area contributed by atoms with Gasteiger partial charge in [-0.3, -0.25) is 4.79 Å². The molecule has 0 saturated carbocycles. The summed E-state index contributed by atoms with van der Waals surface area (Å²) in [5, 5.41) is 5.05. The maximum absolute atomic E-state index is 12.9. The van der Waals surface area contributed by atoms with Crippen LogP contribution in [0.1, 0.15) is 11.1 Å². The van der Waals surface area contributed by atoms with Gasteiger partial charge in [-0.05, 0) is 42.3 Å². The third-order valence-electron chi connectivity index (χ3n) is 4.73. The molecule has 2 heterocycles. The molecule has 2 aromatic carbocycles. The van der Waals surface area contributed by atoms with Crippen molar-refractivity contribution in [3.05, 3.63) is 77.1 Å². The number of nitrogens with zero attached hydrogens (tertiary/aromatic N) is 3. The minimum Gasteiger partial charge on any atom is -0.492 e. The maximum Gasteiger partial charge on any atom is 0.229 e. The first-order valence-corrected chi connectivity index (χ1v) is 9.23. The average Bonchev–Trinajstić information content (AvgIpc) is 3.16. The summed E-state index contributed by atoms with van der Waals surface area (Å²) < 4.78 is 7.57. The lowest BCUT2D eigenvalue weighted by molar-refractivity contribution is -0.136. The van der Waals surface area contributed by atoms with Crippen molar-refractivity contribution in [3.63, 3.8) is 0 Å². The molecular weight excluding hydrogens is 362 g/mol. The fourth-order valence-corrected chi connectivity index (χ4v) is 3.54. The Kier molecular flexibility index (Phi) is 4.86. The van der Waals surface area contributed by atoms with E-state index in [9.17, 15) is 4.79 Å². The Morgan fingerprint density at radius 2 is 2.11 bits per heavy atom. The third kappa shape index (κ3) is 3.83.